The maximum absolute atomic E-state index is 10.6. The van der Waals surface area contributed by atoms with Gasteiger partial charge in [-0.3, -0.25) is 14.6 Å². The van der Waals surface area contributed by atoms with Gasteiger partial charge in [0.25, 0.3) is 0 Å². The molecule has 1 N–H and O–H groups in total. The number of fused-ring (bicyclic) bond motifs is 1. The molecule has 4 rings (SSSR count). The summed E-state index contributed by atoms with van der Waals surface area (Å²) in [4.78, 5) is 6.76. The number of ether oxygens (including phenoxy) is 1. The third-order valence-corrected chi connectivity index (χ3v) is 4.70. The fraction of sp³-hybridized carbons (Fsp3) is 0.300. The predicted octanol–water partition coefficient (Wildman–Crippen LogP) is 2.38. The fourth-order valence-corrected chi connectivity index (χ4v) is 3.32. The molecule has 3 aromatic rings. The number of hydrogen-bond donors (Lipinski definition) is 1. The summed E-state index contributed by atoms with van der Waals surface area (Å²) in [6.45, 7) is 3.25. The SMILES string of the molecule is COc1ccnc(CN2CCn3nc(C(O)c4ccccc4)cc3C2)c1. The Balaban J connectivity index is 1.48. The van der Waals surface area contributed by atoms with E-state index in [0.717, 1.165) is 48.9 Å². The van der Waals surface area contributed by atoms with Gasteiger partial charge in [-0.2, -0.15) is 5.10 Å². The van der Waals surface area contributed by atoms with Gasteiger partial charge in [0.2, 0.25) is 0 Å². The Bertz CT molecular complexity index is 879. The molecule has 0 saturated carbocycles. The number of pyridine rings is 1. The Kier molecular flexibility index (Phi) is 4.69. The Morgan fingerprint density at radius 1 is 1.15 bits per heavy atom. The minimum absolute atomic E-state index is 0.692. The van der Waals surface area contributed by atoms with E-state index in [1.165, 1.54) is 0 Å². The van der Waals surface area contributed by atoms with E-state index in [0.29, 0.717) is 5.69 Å². The number of hydrogen-bond acceptors (Lipinski definition) is 5. The molecule has 0 amide bonds. The molecule has 0 spiro atoms. The van der Waals surface area contributed by atoms with Gasteiger partial charge in [0.05, 0.1) is 30.7 Å². The molecule has 6 nitrogen and oxygen atoms in total. The quantitative estimate of drug-likeness (QED) is 0.765. The first-order valence-corrected chi connectivity index (χ1v) is 8.74. The first-order chi connectivity index (χ1) is 12.7. The highest BCUT2D eigenvalue weighted by Crippen LogP contribution is 2.24. The number of rotatable bonds is 5. The number of aromatic nitrogens is 3. The zero-order chi connectivity index (χ0) is 17.9. The lowest BCUT2D eigenvalue weighted by Crippen LogP contribution is -2.33. The van der Waals surface area contributed by atoms with Crippen LogP contribution in [0.15, 0.2) is 54.7 Å². The van der Waals surface area contributed by atoms with Gasteiger partial charge < -0.3 is 9.84 Å². The molecule has 0 fully saturated rings. The van der Waals surface area contributed by atoms with E-state index in [-0.39, 0.29) is 0 Å². The molecule has 134 valence electrons. The van der Waals surface area contributed by atoms with Crippen LogP contribution in [0.4, 0.5) is 0 Å². The minimum atomic E-state index is -0.692. The van der Waals surface area contributed by atoms with Crippen molar-refractivity contribution in [3.8, 4) is 5.75 Å². The van der Waals surface area contributed by atoms with Gasteiger partial charge in [0.15, 0.2) is 0 Å². The topological polar surface area (TPSA) is 63.4 Å². The van der Waals surface area contributed by atoms with Crippen molar-refractivity contribution in [2.45, 2.75) is 25.7 Å². The van der Waals surface area contributed by atoms with Crippen molar-refractivity contribution >= 4 is 0 Å². The van der Waals surface area contributed by atoms with Gasteiger partial charge in [-0.25, -0.2) is 0 Å². The Morgan fingerprint density at radius 3 is 2.81 bits per heavy atom. The van der Waals surface area contributed by atoms with Crippen LogP contribution in [0.5, 0.6) is 5.75 Å². The summed E-state index contributed by atoms with van der Waals surface area (Å²) in [5.41, 5.74) is 3.67. The molecule has 0 saturated heterocycles. The number of methoxy groups -OCH3 is 1. The molecular formula is C20H22N4O2. The van der Waals surface area contributed by atoms with E-state index in [9.17, 15) is 5.11 Å². The van der Waals surface area contributed by atoms with Crippen LogP contribution in [-0.2, 0) is 19.6 Å². The molecule has 0 aliphatic carbocycles. The maximum atomic E-state index is 10.6. The van der Waals surface area contributed by atoms with E-state index in [1.807, 2.05) is 53.2 Å². The lowest BCUT2D eigenvalue weighted by molar-refractivity contribution is 0.198. The molecule has 1 aliphatic rings. The summed E-state index contributed by atoms with van der Waals surface area (Å²) >= 11 is 0. The monoisotopic (exact) mass is 350 g/mol. The lowest BCUT2D eigenvalue weighted by atomic mass is 10.1. The zero-order valence-electron chi connectivity index (χ0n) is 14.7. The van der Waals surface area contributed by atoms with Crippen LogP contribution in [0.1, 0.15) is 28.7 Å². The van der Waals surface area contributed by atoms with Crippen LogP contribution in [0.25, 0.3) is 0 Å². The highest BCUT2D eigenvalue weighted by molar-refractivity contribution is 5.27. The van der Waals surface area contributed by atoms with Crippen molar-refractivity contribution in [3.63, 3.8) is 0 Å². The first kappa shape index (κ1) is 16.8. The average molecular weight is 350 g/mol. The molecule has 1 aliphatic heterocycles. The highest BCUT2D eigenvalue weighted by atomic mass is 16.5. The Hall–Kier alpha value is -2.70. The third kappa shape index (κ3) is 3.47. The normalized spacial score (nSPS) is 15.5. The van der Waals surface area contributed by atoms with Gasteiger partial charge in [-0.05, 0) is 17.7 Å². The molecule has 6 heteroatoms. The second-order valence-electron chi connectivity index (χ2n) is 6.49. The van der Waals surface area contributed by atoms with E-state index in [1.54, 1.807) is 13.3 Å². The van der Waals surface area contributed by atoms with Crippen molar-refractivity contribution in [1.82, 2.24) is 19.7 Å². The van der Waals surface area contributed by atoms with Gasteiger partial charge in [-0.15, -0.1) is 0 Å². The van der Waals surface area contributed by atoms with Gasteiger partial charge >= 0.3 is 0 Å². The smallest absolute Gasteiger partial charge is 0.123 e. The number of benzene rings is 1. The standard InChI is InChI=1S/C20H22N4O2/c1-26-18-7-8-21-16(11-18)13-23-9-10-24-17(14-23)12-19(22-24)20(25)15-5-3-2-4-6-15/h2-8,11-12,20,25H,9-10,13-14H2,1H3. The maximum Gasteiger partial charge on any atom is 0.123 e. The second-order valence-corrected chi connectivity index (χ2v) is 6.49. The number of aliphatic hydroxyl groups is 1. The predicted molar refractivity (Wildman–Crippen MR) is 97.6 cm³/mol. The molecule has 2 aromatic heterocycles. The summed E-state index contributed by atoms with van der Waals surface area (Å²) in [5.74, 6) is 0.824. The molecule has 0 bridgehead atoms. The number of nitrogens with zero attached hydrogens (tertiary/aromatic N) is 4. The van der Waals surface area contributed by atoms with E-state index < -0.39 is 6.10 Å². The van der Waals surface area contributed by atoms with E-state index in [2.05, 4.69) is 15.0 Å². The van der Waals surface area contributed by atoms with E-state index >= 15 is 0 Å². The summed E-state index contributed by atoms with van der Waals surface area (Å²) in [6.07, 6.45) is 1.08. The zero-order valence-corrected chi connectivity index (χ0v) is 14.7. The van der Waals surface area contributed by atoms with Crippen LogP contribution < -0.4 is 4.74 Å². The first-order valence-electron chi connectivity index (χ1n) is 8.74. The second kappa shape index (κ2) is 7.27. The summed E-state index contributed by atoms with van der Waals surface area (Å²) in [6, 6.07) is 15.5. The van der Waals surface area contributed by atoms with Crippen LogP contribution in [-0.4, -0.2) is 38.4 Å². The van der Waals surface area contributed by atoms with E-state index in [4.69, 9.17) is 4.74 Å². The molecule has 26 heavy (non-hydrogen) atoms. The summed E-state index contributed by atoms with van der Waals surface area (Å²) in [7, 11) is 1.66. The third-order valence-electron chi connectivity index (χ3n) is 4.70. The van der Waals surface area contributed by atoms with Crippen LogP contribution in [0, 0.1) is 0 Å². The molecule has 1 unspecified atom stereocenters. The fourth-order valence-electron chi connectivity index (χ4n) is 3.32. The Labute approximate surface area is 152 Å². The molecule has 1 aromatic carbocycles. The number of aliphatic hydroxyl groups excluding tert-OH is 1. The molecule has 0 radical (unpaired) electrons. The van der Waals surface area contributed by atoms with Crippen molar-refractivity contribution in [2.75, 3.05) is 13.7 Å². The van der Waals surface area contributed by atoms with Crippen molar-refractivity contribution in [3.05, 3.63) is 77.4 Å². The highest BCUT2D eigenvalue weighted by Gasteiger charge is 2.22. The van der Waals surface area contributed by atoms with Crippen LogP contribution >= 0.6 is 0 Å². The lowest BCUT2D eigenvalue weighted by Gasteiger charge is -2.27. The molecule has 3 heterocycles. The summed E-state index contributed by atoms with van der Waals surface area (Å²) < 4.78 is 7.27. The van der Waals surface area contributed by atoms with Crippen LogP contribution in [0.3, 0.4) is 0 Å². The van der Waals surface area contributed by atoms with Crippen LogP contribution in [0.2, 0.25) is 0 Å². The molecular weight excluding hydrogens is 328 g/mol. The Morgan fingerprint density at radius 2 is 2.00 bits per heavy atom. The van der Waals surface area contributed by atoms with Gasteiger partial charge in [0, 0.05) is 31.9 Å². The van der Waals surface area contributed by atoms with Crippen molar-refractivity contribution in [1.29, 1.82) is 0 Å². The van der Waals surface area contributed by atoms with Crippen molar-refractivity contribution in [2.24, 2.45) is 0 Å². The minimum Gasteiger partial charge on any atom is -0.497 e. The van der Waals surface area contributed by atoms with Gasteiger partial charge in [-0.1, -0.05) is 30.3 Å². The average Bonchev–Trinajstić information content (AvgIpc) is 3.11. The summed E-state index contributed by atoms with van der Waals surface area (Å²) in [5, 5.41) is 15.2. The van der Waals surface area contributed by atoms with Gasteiger partial charge in [0.1, 0.15) is 11.9 Å². The largest absolute Gasteiger partial charge is 0.497 e. The molecule has 1 atom stereocenters. The van der Waals surface area contributed by atoms with Crippen molar-refractivity contribution < 1.29 is 9.84 Å².